The minimum Gasteiger partial charge on any atom is -0.339 e. The number of hydrogen-bond donors (Lipinski definition) is 1. The normalized spacial score (nSPS) is 16.0. The molecular weight excluding hydrogens is 236 g/mol. The van der Waals surface area contributed by atoms with E-state index in [0.29, 0.717) is 24.3 Å². The number of rotatable bonds is 6. The van der Waals surface area contributed by atoms with E-state index in [4.69, 9.17) is 0 Å². The van der Waals surface area contributed by atoms with Crippen LogP contribution >= 0.6 is 12.4 Å². The van der Waals surface area contributed by atoms with Crippen molar-refractivity contribution >= 4 is 18.3 Å². The van der Waals surface area contributed by atoms with Crippen molar-refractivity contribution in [2.75, 3.05) is 20.1 Å². The lowest BCUT2D eigenvalue weighted by molar-refractivity contribution is -0.133. The molecule has 0 radical (unpaired) electrons. The Labute approximate surface area is 112 Å². The lowest BCUT2D eigenvalue weighted by Gasteiger charge is -2.30. The fraction of sp³-hybridized carbons (Fsp3) is 0.923. The zero-order valence-corrected chi connectivity index (χ0v) is 12.2. The van der Waals surface area contributed by atoms with Gasteiger partial charge in [0, 0.05) is 25.6 Å². The number of nitrogens with zero attached hydrogens (tertiary/aromatic N) is 1. The van der Waals surface area contributed by atoms with Crippen LogP contribution in [-0.2, 0) is 4.79 Å². The van der Waals surface area contributed by atoms with E-state index in [9.17, 15) is 4.79 Å². The van der Waals surface area contributed by atoms with Crippen molar-refractivity contribution in [3.05, 3.63) is 0 Å². The Kier molecular flexibility index (Phi) is 8.61. The van der Waals surface area contributed by atoms with Crippen LogP contribution in [0.25, 0.3) is 0 Å². The van der Waals surface area contributed by atoms with Gasteiger partial charge in [-0.15, -0.1) is 12.4 Å². The number of carbonyl (C=O) groups excluding carboxylic acids is 1. The van der Waals surface area contributed by atoms with Crippen LogP contribution in [0.5, 0.6) is 0 Å². The number of nitrogens with one attached hydrogen (secondary N) is 1. The van der Waals surface area contributed by atoms with Crippen molar-refractivity contribution in [2.24, 2.45) is 5.92 Å². The van der Waals surface area contributed by atoms with E-state index in [1.54, 1.807) is 0 Å². The van der Waals surface area contributed by atoms with Crippen LogP contribution < -0.4 is 5.32 Å². The average Bonchev–Trinajstić information content (AvgIpc) is 2.75. The van der Waals surface area contributed by atoms with Crippen LogP contribution in [0.1, 0.15) is 46.0 Å². The molecule has 0 saturated heterocycles. The van der Waals surface area contributed by atoms with Gasteiger partial charge in [0.15, 0.2) is 0 Å². The van der Waals surface area contributed by atoms with E-state index in [2.05, 4.69) is 24.1 Å². The van der Waals surface area contributed by atoms with Crippen molar-refractivity contribution < 1.29 is 4.79 Å². The molecule has 0 bridgehead atoms. The molecule has 0 heterocycles. The number of halogens is 1. The van der Waals surface area contributed by atoms with Gasteiger partial charge in [0.25, 0.3) is 0 Å². The Bertz CT molecular complexity index is 215. The topological polar surface area (TPSA) is 32.3 Å². The van der Waals surface area contributed by atoms with E-state index >= 15 is 0 Å². The molecule has 4 heteroatoms. The van der Waals surface area contributed by atoms with Gasteiger partial charge in [-0.1, -0.05) is 26.7 Å². The molecule has 1 N–H and O–H groups in total. The molecule has 3 nitrogen and oxygen atoms in total. The first-order valence-electron chi connectivity index (χ1n) is 6.59. The summed E-state index contributed by atoms with van der Waals surface area (Å²) in [5, 5.41) is 3.05. The maximum absolute atomic E-state index is 12.1. The zero-order chi connectivity index (χ0) is 12.0. The molecule has 1 fully saturated rings. The van der Waals surface area contributed by atoms with Crippen LogP contribution in [0.15, 0.2) is 0 Å². The highest BCUT2D eigenvalue weighted by Crippen LogP contribution is 2.24. The van der Waals surface area contributed by atoms with Gasteiger partial charge in [0.1, 0.15) is 0 Å². The summed E-state index contributed by atoms with van der Waals surface area (Å²) >= 11 is 0. The van der Waals surface area contributed by atoms with Crippen LogP contribution in [0.4, 0.5) is 0 Å². The summed E-state index contributed by atoms with van der Waals surface area (Å²) in [4.78, 5) is 14.2. The summed E-state index contributed by atoms with van der Waals surface area (Å²) < 4.78 is 0. The predicted molar refractivity (Wildman–Crippen MR) is 74.6 cm³/mol. The van der Waals surface area contributed by atoms with Crippen LogP contribution in [-0.4, -0.2) is 37.0 Å². The fourth-order valence-corrected chi connectivity index (χ4v) is 2.44. The quantitative estimate of drug-likeness (QED) is 0.798. The molecule has 0 spiro atoms. The molecule has 0 aromatic heterocycles. The maximum Gasteiger partial charge on any atom is 0.224 e. The second-order valence-corrected chi connectivity index (χ2v) is 5.23. The minimum absolute atomic E-state index is 0. The van der Waals surface area contributed by atoms with Crippen molar-refractivity contribution in [1.82, 2.24) is 10.2 Å². The van der Waals surface area contributed by atoms with Gasteiger partial charge >= 0.3 is 0 Å². The third-order valence-corrected chi connectivity index (χ3v) is 3.24. The summed E-state index contributed by atoms with van der Waals surface area (Å²) in [7, 11) is 1.90. The summed E-state index contributed by atoms with van der Waals surface area (Å²) in [6.07, 6.45) is 5.63. The molecule has 1 aliphatic carbocycles. The Morgan fingerprint density at radius 1 is 1.35 bits per heavy atom. The summed E-state index contributed by atoms with van der Waals surface area (Å²) in [5.74, 6) is 0.897. The van der Waals surface area contributed by atoms with E-state index in [1.807, 2.05) is 7.05 Å². The van der Waals surface area contributed by atoms with Gasteiger partial charge < -0.3 is 10.2 Å². The maximum atomic E-state index is 12.1. The van der Waals surface area contributed by atoms with Crippen molar-refractivity contribution in [3.8, 4) is 0 Å². The number of carbonyl (C=O) groups is 1. The Hall–Kier alpha value is -0.280. The van der Waals surface area contributed by atoms with Gasteiger partial charge in [-0.05, 0) is 25.8 Å². The molecule has 0 aromatic rings. The third kappa shape index (κ3) is 5.73. The second kappa shape index (κ2) is 8.76. The third-order valence-electron chi connectivity index (χ3n) is 3.24. The SMILES string of the molecule is CNCCC(=O)N(CC(C)C)C1CCCC1.Cl. The van der Waals surface area contributed by atoms with Gasteiger partial charge in [0.2, 0.25) is 5.91 Å². The fourth-order valence-electron chi connectivity index (χ4n) is 2.44. The van der Waals surface area contributed by atoms with E-state index in [1.165, 1.54) is 25.7 Å². The number of hydrogen-bond acceptors (Lipinski definition) is 2. The molecule has 1 aliphatic rings. The van der Waals surface area contributed by atoms with Crippen LogP contribution in [0.3, 0.4) is 0 Å². The van der Waals surface area contributed by atoms with Crippen LogP contribution in [0.2, 0.25) is 0 Å². The highest BCUT2D eigenvalue weighted by molar-refractivity contribution is 5.85. The lowest BCUT2D eigenvalue weighted by Crippen LogP contribution is -2.42. The molecule has 1 amide bonds. The van der Waals surface area contributed by atoms with Crippen molar-refractivity contribution in [1.29, 1.82) is 0 Å². The first-order valence-corrected chi connectivity index (χ1v) is 6.59. The average molecular weight is 263 g/mol. The van der Waals surface area contributed by atoms with Crippen molar-refractivity contribution in [2.45, 2.75) is 52.0 Å². The smallest absolute Gasteiger partial charge is 0.224 e. The highest BCUT2D eigenvalue weighted by Gasteiger charge is 2.26. The molecule has 17 heavy (non-hydrogen) atoms. The summed E-state index contributed by atoms with van der Waals surface area (Å²) in [6.45, 7) is 6.09. The Balaban J connectivity index is 0.00000256. The predicted octanol–water partition coefficient (Wildman–Crippen LogP) is 2.44. The zero-order valence-electron chi connectivity index (χ0n) is 11.4. The highest BCUT2D eigenvalue weighted by atomic mass is 35.5. The van der Waals surface area contributed by atoms with Gasteiger partial charge in [-0.25, -0.2) is 0 Å². The largest absolute Gasteiger partial charge is 0.339 e. The van der Waals surface area contributed by atoms with Gasteiger partial charge in [0.05, 0.1) is 0 Å². The molecule has 0 aromatic carbocycles. The van der Waals surface area contributed by atoms with Crippen molar-refractivity contribution in [3.63, 3.8) is 0 Å². The van der Waals surface area contributed by atoms with E-state index in [0.717, 1.165) is 13.1 Å². The molecule has 1 saturated carbocycles. The molecule has 0 atom stereocenters. The van der Waals surface area contributed by atoms with E-state index in [-0.39, 0.29) is 12.4 Å². The molecule has 0 aliphatic heterocycles. The first kappa shape index (κ1) is 16.7. The van der Waals surface area contributed by atoms with E-state index < -0.39 is 0 Å². The number of amides is 1. The molecule has 102 valence electrons. The standard InChI is InChI=1S/C13H26N2O.ClH/c1-11(2)10-15(12-6-4-5-7-12)13(16)8-9-14-3;/h11-12,14H,4-10H2,1-3H3;1H. The summed E-state index contributed by atoms with van der Waals surface area (Å²) in [6, 6.07) is 0.520. The molecule has 1 rings (SSSR count). The Morgan fingerprint density at radius 3 is 2.41 bits per heavy atom. The van der Waals surface area contributed by atoms with Gasteiger partial charge in [-0.3, -0.25) is 4.79 Å². The first-order chi connectivity index (χ1) is 7.65. The lowest BCUT2D eigenvalue weighted by atomic mass is 10.1. The van der Waals surface area contributed by atoms with Gasteiger partial charge in [-0.2, -0.15) is 0 Å². The monoisotopic (exact) mass is 262 g/mol. The second-order valence-electron chi connectivity index (χ2n) is 5.23. The summed E-state index contributed by atoms with van der Waals surface area (Å²) in [5.41, 5.74) is 0. The molecule has 0 unspecified atom stereocenters. The minimum atomic E-state index is 0. The van der Waals surface area contributed by atoms with Crippen LogP contribution in [0, 0.1) is 5.92 Å². The Morgan fingerprint density at radius 2 is 1.94 bits per heavy atom. The molecular formula is C13H27ClN2O.